The third kappa shape index (κ3) is 1.14. The van der Waals surface area contributed by atoms with Gasteiger partial charge in [0, 0.05) is 12.6 Å². The van der Waals surface area contributed by atoms with E-state index in [0.29, 0.717) is 6.54 Å². The van der Waals surface area contributed by atoms with Gasteiger partial charge in [-0.25, -0.2) is 0 Å². The summed E-state index contributed by atoms with van der Waals surface area (Å²) in [7, 11) is -4.37. The summed E-state index contributed by atoms with van der Waals surface area (Å²) in [5, 5.41) is 1.24. The molecule has 6 nitrogen and oxygen atoms in total. The molecule has 2 aliphatic rings. The number of rotatable bonds is 2. The third-order valence-corrected chi connectivity index (χ3v) is 2.86. The van der Waals surface area contributed by atoms with Crippen molar-refractivity contribution in [3.05, 3.63) is 0 Å². The van der Waals surface area contributed by atoms with Gasteiger partial charge in [-0.2, -0.15) is 17.8 Å². The highest BCUT2D eigenvalue weighted by Gasteiger charge is 2.62. The lowest BCUT2D eigenvalue weighted by Gasteiger charge is -2.44. The zero-order valence-electron chi connectivity index (χ0n) is 6.30. The van der Waals surface area contributed by atoms with Crippen molar-refractivity contribution < 1.29 is 17.3 Å². The maximum atomic E-state index is 10.3. The zero-order chi connectivity index (χ0) is 8.98. The molecule has 2 fully saturated rings. The van der Waals surface area contributed by atoms with Gasteiger partial charge in [-0.15, -0.1) is 0 Å². The largest absolute Gasteiger partial charge is 0.413 e. The molecule has 1 aliphatic carbocycles. The maximum absolute atomic E-state index is 10.3. The molecule has 1 saturated heterocycles. The molecule has 0 amide bonds. The first-order valence-electron chi connectivity index (χ1n) is 3.64. The highest BCUT2D eigenvalue weighted by Crippen LogP contribution is 2.50. The van der Waals surface area contributed by atoms with Crippen LogP contribution in [0.25, 0.3) is 0 Å². The first-order valence-corrected chi connectivity index (χ1v) is 5.01. The average molecular weight is 194 g/mol. The van der Waals surface area contributed by atoms with Crippen LogP contribution < -0.4 is 5.73 Å². The summed E-state index contributed by atoms with van der Waals surface area (Å²) < 4.78 is 33.3. The highest BCUT2D eigenvalue weighted by atomic mass is 32.3. The maximum Gasteiger partial charge on any atom is 0.413 e. The van der Waals surface area contributed by atoms with Gasteiger partial charge in [-0.1, -0.05) is 0 Å². The predicted octanol–water partition coefficient (Wildman–Crippen LogP) is -1.10. The standard InChI is InChI=1S/C5H10N2O4S/c6-4-3-7(5(4)1-2-5)11-12(8,9)10/h4H,1-3,6H2,(H,8,9,10)/t4-/m1/s1. The van der Waals surface area contributed by atoms with E-state index in [2.05, 4.69) is 4.28 Å². The van der Waals surface area contributed by atoms with Crippen molar-refractivity contribution in [3.8, 4) is 0 Å². The van der Waals surface area contributed by atoms with Gasteiger partial charge >= 0.3 is 10.4 Å². The molecule has 0 radical (unpaired) electrons. The number of nitrogens with zero attached hydrogens (tertiary/aromatic N) is 1. The number of nitrogens with two attached hydrogens (primary N) is 1. The third-order valence-electron chi connectivity index (χ3n) is 2.50. The second kappa shape index (κ2) is 2.18. The first kappa shape index (κ1) is 8.39. The van der Waals surface area contributed by atoms with Gasteiger partial charge < -0.3 is 5.73 Å². The molecule has 3 N–H and O–H groups in total. The first-order chi connectivity index (χ1) is 5.44. The smallest absolute Gasteiger partial charge is 0.325 e. The Morgan fingerprint density at radius 3 is 2.50 bits per heavy atom. The molecule has 7 heteroatoms. The second-order valence-corrected chi connectivity index (χ2v) is 4.28. The fourth-order valence-electron chi connectivity index (χ4n) is 1.57. The van der Waals surface area contributed by atoms with Crippen LogP contribution in [0.15, 0.2) is 0 Å². The van der Waals surface area contributed by atoms with E-state index in [-0.39, 0.29) is 11.6 Å². The van der Waals surface area contributed by atoms with E-state index in [9.17, 15) is 8.42 Å². The fourth-order valence-corrected chi connectivity index (χ4v) is 2.01. The van der Waals surface area contributed by atoms with Crippen LogP contribution in [-0.4, -0.2) is 36.2 Å². The molecule has 1 saturated carbocycles. The molecule has 0 aromatic rings. The van der Waals surface area contributed by atoms with Crippen LogP contribution >= 0.6 is 0 Å². The molecule has 0 unspecified atom stereocenters. The van der Waals surface area contributed by atoms with Gasteiger partial charge in [-0.3, -0.25) is 4.55 Å². The normalized spacial score (nSPS) is 33.3. The van der Waals surface area contributed by atoms with Gasteiger partial charge in [0.05, 0.1) is 5.54 Å². The Hall–Kier alpha value is -0.210. The Kier molecular flexibility index (Phi) is 1.52. The van der Waals surface area contributed by atoms with Crippen LogP contribution in [0.4, 0.5) is 0 Å². The summed E-state index contributed by atoms with van der Waals surface area (Å²) in [6.07, 6.45) is 1.67. The van der Waals surface area contributed by atoms with Crippen LogP contribution in [0.5, 0.6) is 0 Å². The summed E-state index contributed by atoms with van der Waals surface area (Å²) in [6.45, 7) is 0.361. The number of hydroxylamine groups is 2. The SMILES string of the molecule is N[C@@H]1CN(OS(=O)(=O)O)C12CC2. The topological polar surface area (TPSA) is 92.9 Å². The van der Waals surface area contributed by atoms with Gasteiger partial charge in [0.15, 0.2) is 0 Å². The van der Waals surface area contributed by atoms with Gasteiger partial charge in [0.1, 0.15) is 0 Å². The molecule has 12 heavy (non-hydrogen) atoms. The van der Waals surface area contributed by atoms with Crippen LogP contribution in [0.1, 0.15) is 12.8 Å². The zero-order valence-corrected chi connectivity index (χ0v) is 7.12. The molecule has 2 rings (SSSR count). The molecule has 1 atom stereocenters. The highest BCUT2D eigenvalue weighted by molar-refractivity contribution is 7.80. The molecule has 0 aromatic carbocycles. The van der Waals surface area contributed by atoms with Crippen LogP contribution in [-0.2, 0) is 14.7 Å². The van der Waals surface area contributed by atoms with E-state index >= 15 is 0 Å². The molecule has 0 aromatic heterocycles. The van der Waals surface area contributed by atoms with Crippen LogP contribution in [0.2, 0.25) is 0 Å². The molecule has 0 bridgehead atoms. The quantitative estimate of drug-likeness (QED) is 0.542. The summed E-state index contributed by atoms with van der Waals surface area (Å²) in [5.74, 6) is 0. The molecule has 1 heterocycles. The fraction of sp³-hybridized carbons (Fsp3) is 1.00. The van der Waals surface area contributed by atoms with E-state index < -0.39 is 10.4 Å². The van der Waals surface area contributed by atoms with Gasteiger partial charge in [0.25, 0.3) is 0 Å². The minimum atomic E-state index is -4.37. The predicted molar refractivity (Wildman–Crippen MR) is 39.3 cm³/mol. The van der Waals surface area contributed by atoms with Crippen LogP contribution in [0, 0.1) is 0 Å². The molecule has 1 spiro atoms. The summed E-state index contributed by atoms with van der Waals surface area (Å²) in [6, 6.07) is -0.0285. The number of hydrogen-bond donors (Lipinski definition) is 2. The van der Waals surface area contributed by atoms with Crippen molar-refractivity contribution in [2.75, 3.05) is 6.54 Å². The van der Waals surface area contributed by atoms with Crippen molar-refractivity contribution in [1.82, 2.24) is 5.06 Å². The van der Waals surface area contributed by atoms with Crippen molar-refractivity contribution in [2.45, 2.75) is 24.4 Å². The summed E-state index contributed by atoms with van der Waals surface area (Å²) >= 11 is 0. The van der Waals surface area contributed by atoms with Crippen LogP contribution in [0.3, 0.4) is 0 Å². The van der Waals surface area contributed by atoms with Crippen molar-refractivity contribution in [2.24, 2.45) is 5.73 Å². The van der Waals surface area contributed by atoms with E-state index in [4.69, 9.17) is 10.3 Å². The van der Waals surface area contributed by atoms with Crippen molar-refractivity contribution in [3.63, 3.8) is 0 Å². The lowest BCUT2D eigenvalue weighted by molar-refractivity contribution is -0.180. The Labute approximate surface area is 70.2 Å². The average Bonchev–Trinajstić information content (AvgIpc) is 2.62. The summed E-state index contributed by atoms with van der Waals surface area (Å²) in [4.78, 5) is 0. The monoisotopic (exact) mass is 194 g/mol. The minimum absolute atomic E-state index is 0.0285. The Balaban J connectivity index is 2.01. The second-order valence-electron chi connectivity index (χ2n) is 3.27. The van der Waals surface area contributed by atoms with E-state index in [1.807, 2.05) is 0 Å². The molecular weight excluding hydrogens is 184 g/mol. The summed E-state index contributed by atoms with van der Waals surface area (Å²) in [5.41, 5.74) is 5.33. The lowest BCUT2D eigenvalue weighted by atomic mass is 9.98. The van der Waals surface area contributed by atoms with Crippen molar-refractivity contribution in [1.29, 1.82) is 0 Å². The Morgan fingerprint density at radius 1 is 1.58 bits per heavy atom. The van der Waals surface area contributed by atoms with E-state index in [0.717, 1.165) is 12.8 Å². The Morgan fingerprint density at radius 2 is 2.17 bits per heavy atom. The van der Waals surface area contributed by atoms with Gasteiger partial charge in [0.2, 0.25) is 0 Å². The van der Waals surface area contributed by atoms with Crippen molar-refractivity contribution >= 4 is 10.4 Å². The van der Waals surface area contributed by atoms with E-state index in [1.54, 1.807) is 0 Å². The van der Waals surface area contributed by atoms with E-state index in [1.165, 1.54) is 5.06 Å². The molecule has 1 aliphatic heterocycles. The minimum Gasteiger partial charge on any atom is -0.325 e. The number of hydrogen-bond acceptors (Lipinski definition) is 5. The van der Waals surface area contributed by atoms with Gasteiger partial charge in [-0.05, 0) is 12.8 Å². The molecule has 70 valence electrons. The lowest BCUT2D eigenvalue weighted by Crippen LogP contribution is -2.66. The Bertz CT molecular complexity index is 297. The molecular formula is C5H10N2O4S.